The summed E-state index contributed by atoms with van der Waals surface area (Å²) in [6.07, 6.45) is -3.51. The van der Waals surface area contributed by atoms with E-state index in [4.69, 9.17) is 19.9 Å². The molecule has 0 aromatic carbocycles. The molecule has 2 aliphatic heterocycles. The van der Waals surface area contributed by atoms with Crippen LogP contribution in [0.2, 0.25) is 0 Å². The number of carbonyl (C=O) groups excluding carboxylic acids is 2. The van der Waals surface area contributed by atoms with E-state index in [-0.39, 0.29) is 12.1 Å². The molecule has 3 atom stereocenters. The van der Waals surface area contributed by atoms with E-state index in [0.29, 0.717) is 4.90 Å². The maximum Gasteiger partial charge on any atom is 0.509 e. The van der Waals surface area contributed by atoms with Crippen LogP contribution in [0, 0.1) is 0 Å². The summed E-state index contributed by atoms with van der Waals surface area (Å²) < 4.78 is 44.4. The molecule has 1 amide bonds. The van der Waals surface area contributed by atoms with Crippen molar-refractivity contribution in [2.45, 2.75) is 57.2 Å². The molecule has 1 saturated heterocycles. The number of aliphatic hydroxyl groups excluding tert-OH is 1. The number of rotatable bonds is 3. The molecular weight excluding hydrogens is 354 g/mol. The van der Waals surface area contributed by atoms with Crippen molar-refractivity contribution in [3.63, 3.8) is 0 Å². The van der Waals surface area contributed by atoms with Gasteiger partial charge in [-0.05, 0) is 26.8 Å². The monoisotopic (exact) mass is 376 g/mol. The lowest BCUT2D eigenvalue weighted by Gasteiger charge is -2.29. The summed E-state index contributed by atoms with van der Waals surface area (Å²) in [5.41, 5.74) is 4.86. The maximum absolute atomic E-state index is 14.8. The standard InChI is InChI=1S/C16H22F2N2O6/c1-15(2,3)26-14(23)25-12-10(8-21)24-13(16(12,17)18)20-7-6-9(19)4-5-11(20)22/h4,6-7,10,12-13,21H,5,8,19H2,1-3H3. The van der Waals surface area contributed by atoms with Gasteiger partial charge in [0.25, 0.3) is 0 Å². The molecule has 146 valence electrons. The van der Waals surface area contributed by atoms with Gasteiger partial charge in [-0.15, -0.1) is 0 Å². The Labute approximate surface area is 149 Å². The first-order chi connectivity index (χ1) is 12.0. The molecule has 26 heavy (non-hydrogen) atoms. The molecular formula is C16H22F2N2O6. The van der Waals surface area contributed by atoms with Gasteiger partial charge in [-0.2, -0.15) is 8.78 Å². The first-order valence-corrected chi connectivity index (χ1v) is 7.94. The van der Waals surface area contributed by atoms with Crippen molar-refractivity contribution < 1.29 is 37.7 Å². The molecule has 2 heterocycles. The fourth-order valence-corrected chi connectivity index (χ4v) is 2.48. The lowest BCUT2D eigenvalue weighted by Crippen LogP contribution is -2.50. The van der Waals surface area contributed by atoms with Gasteiger partial charge in [0.05, 0.1) is 6.61 Å². The first kappa shape index (κ1) is 20.1. The van der Waals surface area contributed by atoms with Crippen LogP contribution < -0.4 is 5.73 Å². The largest absolute Gasteiger partial charge is 0.509 e. The normalized spacial score (nSPS) is 28.5. The van der Waals surface area contributed by atoms with E-state index >= 15 is 0 Å². The van der Waals surface area contributed by atoms with Crippen LogP contribution in [0.25, 0.3) is 0 Å². The average molecular weight is 376 g/mol. The number of ether oxygens (including phenoxy) is 3. The van der Waals surface area contributed by atoms with Gasteiger partial charge < -0.3 is 25.1 Å². The minimum Gasteiger partial charge on any atom is -0.429 e. The molecule has 1 fully saturated rings. The molecule has 0 spiro atoms. The summed E-state index contributed by atoms with van der Waals surface area (Å²) in [7, 11) is 0. The van der Waals surface area contributed by atoms with Crippen LogP contribution in [0.3, 0.4) is 0 Å². The fourth-order valence-electron chi connectivity index (χ4n) is 2.48. The van der Waals surface area contributed by atoms with Gasteiger partial charge in [0.15, 0.2) is 0 Å². The number of hydrogen-bond donors (Lipinski definition) is 2. The molecule has 3 unspecified atom stereocenters. The minimum absolute atomic E-state index is 0.198. The number of carbonyl (C=O) groups is 2. The second-order valence-electron chi connectivity index (χ2n) is 6.91. The highest BCUT2D eigenvalue weighted by Crippen LogP contribution is 2.40. The molecule has 8 nitrogen and oxygen atoms in total. The van der Waals surface area contributed by atoms with E-state index in [2.05, 4.69) is 0 Å². The number of nitrogens with two attached hydrogens (primary N) is 1. The number of amides is 1. The Morgan fingerprint density at radius 2 is 2.15 bits per heavy atom. The SMILES string of the molecule is CC(C)(C)OC(=O)OC1C(CO)OC(N2C=CC(N)=CCC2=O)C1(F)F. The molecule has 2 aliphatic rings. The van der Waals surface area contributed by atoms with Gasteiger partial charge in [-0.1, -0.05) is 6.08 Å². The van der Waals surface area contributed by atoms with Gasteiger partial charge in [0, 0.05) is 18.3 Å². The second-order valence-corrected chi connectivity index (χ2v) is 6.91. The quantitative estimate of drug-likeness (QED) is 0.713. The van der Waals surface area contributed by atoms with Crippen molar-refractivity contribution >= 4 is 12.1 Å². The van der Waals surface area contributed by atoms with Crippen LogP contribution in [0.4, 0.5) is 13.6 Å². The molecule has 0 saturated carbocycles. The summed E-state index contributed by atoms with van der Waals surface area (Å²) in [6.45, 7) is 3.79. The highest BCUT2D eigenvalue weighted by Gasteiger charge is 2.64. The lowest BCUT2D eigenvalue weighted by atomic mass is 10.1. The maximum atomic E-state index is 14.8. The summed E-state index contributed by atoms with van der Waals surface area (Å²) >= 11 is 0. The van der Waals surface area contributed by atoms with E-state index in [1.54, 1.807) is 20.8 Å². The third-order valence-corrected chi connectivity index (χ3v) is 3.62. The predicted octanol–water partition coefficient (Wildman–Crippen LogP) is 1.25. The summed E-state index contributed by atoms with van der Waals surface area (Å²) in [6, 6.07) is 0. The number of halogens is 2. The number of allylic oxidation sites excluding steroid dienone is 1. The Hall–Kier alpha value is -2.20. The molecule has 10 heteroatoms. The lowest BCUT2D eigenvalue weighted by molar-refractivity contribution is -0.173. The van der Waals surface area contributed by atoms with E-state index in [9.17, 15) is 23.5 Å². The van der Waals surface area contributed by atoms with Gasteiger partial charge >= 0.3 is 12.1 Å². The van der Waals surface area contributed by atoms with Gasteiger partial charge in [0.2, 0.25) is 18.2 Å². The van der Waals surface area contributed by atoms with Crippen LogP contribution in [0.15, 0.2) is 24.0 Å². The van der Waals surface area contributed by atoms with Crippen LogP contribution in [-0.2, 0) is 19.0 Å². The molecule has 0 aromatic rings. The minimum atomic E-state index is -3.79. The Morgan fingerprint density at radius 3 is 2.73 bits per heavy atom. The third-order valence-electron chi connectivity index (χ3n) is 3.62. The summed E-state index contributed by atoms with van der Waals surface area (Å²) in [4.78, 5) is 24.6. The Bertz CT molecular complexity index is 629. The summed E-state index contributed by atoms with van der Waals surface area (Å²) in [5.74, 6) is -4.47. The van der Waals surface area contributed by atoms with Crippen LogP contribution in [0.5, 0.6) is 0 Å². The van der Waals surface area contributed by atoms with E-state index < -0.39 is 48.6 Å². The Kier molecular flexibility index (Phi) is 5.57. The van der Waals surface area contributed by atoms with E-state index in [1.807, 2.05) is 0 Å². The number of nitrogens with zero attached hydrogens (tertiary/aromatic N) is 1. The smallest absolute Gasteiger partial charge is 0.429 e. The van der Waals surface area contributed by atoms with Crippen molar-refractivity contribution in [1.29, 1.82) is 0 Å². The topological polar surface area (TPSA) is 111 Å². The van der Waals surface area contributed by atoms with Gasteiger partial charge in [0.1, 0.15) is 11.7 Å². The van der Waals surface area contributed by atoms with Crippen molar-refractivity contribution in [1.82, 2.24) is 4.90 Å². The van der Waals surface area contributed by atoms with Crippen LogP contribution >= 0.6 is 0 Å². The van der Waals surface area contributed by atoms with E-state index in [0.717, 1.165) is 6.20 Å². The van der Waals surface area contributed by atoms with Crippen molar-refractivity contribution in [2.75, 3.05) is 6.61 Å². The number of hydrogen-bond acceptors (Lipinski definition) is 7. The zero-order valence-electron chi connectivity index (χ0n) is 14.6. The van der Waals surface area contributed by atoms with Crippen LogP contribution in [-0.4, -0.2) is 58.6 Å². The summed E-state index contributed by atoms with van der Waals surface area (Å²) in [5, 5.41) is 9.35. The molecule has 2 rings (SSSR count). The van der Waals surface area contributed by atoms with E-state index in [1.165, 1.54) is 12.2 Å². The average Bonchev–Trinajstić information content (AvgIpc) is 2.63. The molecule has 0 aromatic heterocycles. The van der Waals surface area contributed by atoms with Gasteiger partial charge in [-0.25, -0.2) is 4.79 Å². The highest BCUT2D eigenvalue weighted by atomic mass is 19.3. The second kappa shape index (κ2) is 7.20. The fraction of sp³-hybridized carbons (Fsp3) is 0.625. The van der Waals surface area contributed by atoms with Crippen LogP contribution in [0.1, 0.15) is 27.2 Å². The molecule has 3 N–H and O–H groups in total. The molecule has 0 aliphatic carbocycles. The third kappa shape index (κ3) is 4.31. The Balaban J connectivity index is 2.22. The van der Waals surface area contributed by atoms with Crippen molar-refractivity contribution in [3.05, 3.63) is 24.0 Å². The van der Waals surface area contributed by atoms with Gasteiger partial charge in [-0.3, -0.25) is 9.69 Å². The van der Waals surface area contributed by atoms with Crippen molar-refractivity contribution in [3.8, 4) is 0 Å². The zero-order chi connectivity index (χ0) is 19.7. The zero-order valence-corrected chi connectivity index (χ0v) is 14.6. The predicted molar refractivity (Wildman–Crippen MR) is 84.7 cm³/mol. The highest BCUT2D eigenvalue weighted by molar-refractivity contribution is 5.80. The Morgan fingerprint density at radius 1 is 1.50 bits per heavy atom. The first-order valence-electron chi connectivity index (χ1n) is 7.94. The molecule has 0 bridgehead atoms. The van der Waals surface area contributed by atoms with Crippen molar-refractivity contribution in [2.24, 2.45) is 5.73 Å². The number of aliphatic hydroxyl groups is 1. The molecule has 0 radical (unpaired) electrons. The number of alkyl halides is 2.